The first-order valence-electron chi connectivity index (χ1n) is 7.99. The van der Waals surface area contributed by atoms with Gasteiger partial charge in [0.05, 0.1) is 6.54 Å². The van der Waals surface area contributed by atoms with Crippen molar-refractivity contribution >= 4 is 21.8 Å². The van der Waals surface area contributed by atoms with Crippen molar-refractivity contribution in [2.45, 2.75) is 13.2 Å². The van der Waals surface area contributed by atoms with E-state index in [0.29, 0.717) is 28.0 Å². The van der Waals surface area contributed by atoms with Gasteiger partial charge in [-0.15, -0.1) is 0 Å². The van der Waals surface area contributed by atoms with Crippen LogP contribution in [-0.4, -0.2) is 10.5 Å². The molecule has 5 nitrogen and oxygen atoms in total. The average Bonchev–Trinajstić information content (AvgIpc) is 2.66. The Bertz CT molecular complexity index is 984. The second-order valence-electron chi connectivity index (χ2n) is 5.72. The van der Waals surface area contributed by atoms with Crippen molar-refractivity contribution in [3.05, 3.63) is 98.4 Å². The number of carbonyl (C=O) groups excluding carboxylic acids is 1. The number of benzene rings is 2. The van der Waals surface area contributed by atoms with Crippen LogP contribution in [0.3, 0.4) is 0 Å². The van der Waals surface area contributed by atoms with E-state index in [4.69, 9.17) is 10.5 Å². The van der Waals surface area contributed by atoms with E-state index in [1.807, 2.05) is 30.3 Å². The average molecular weight is 413 g/mol. The van der Waals surface area contributed by atoms with E-state index in [2.05, 4.69) is 15.9 Å². The molecule has 0 spiro atoms. The lowest BCUT2D eigenvalue weighted by atomic mass is 10.1. The quantitative estimate of drug-likeness (QED) is 0.674. The molecule has 132 valence electrons. The van der Waals surface area contributed by atoms with Gasteiger partial charge in [0.25, 0.3) is 5.56 Å². The van der Waals surface area contributed by atoms with Gasteiger partial charge >= 0.3 is 0 Å². The molecule has 2 N–H and O–H groups in total. The summed E-state index contributed by atoms with van der Waals surface area (Å²) in [5.41, 5.74) is 7.26. The first kappa shape index (κ1) is 17.9. The van der Waals surface area contributed by atoms with Crippen molar-refractivity contribution in [3.63, 3.8) is 0 Å². The molecule has 3 rings (SSSR count). The van der Waals surface area contributed by atoms with Gasteiger partial charge in [0, 0.05) is 11.8 Å². The maximum atomic E-state index is 12.6. The fourth-order valence-electron chi connectivity index (χ4n) is 2.58. The molecule has 0 atom stereocenters. The van der Waals surface area contributed by atoms with Crippen LogP contribution in [0.2, 0.25) is 0 Å². The van der Waals surface area contributed by atoms with E-state index in [1.54, 1.807) is 36.5 Å². The van der Waals surface area contributed by atoms with Crippen LogP contribution in [0.1, 0.15) is 21.5 Å². The standard InChI is InChI=1S/C20H17BrN2O3/c21-18-17(26-13-14-6-2-1-3-7-14)10-11-23(20(18)25)12-15-8-4-5-9-16(15)19(22)24/h1-11H,12-13H2,(H2,22,24). The summed E-state index contributed by atoms with van der Waals surface area (Å²) in [6.45, 7) is 0.614. The van der Waals surface area contributed by atoms with Gasteiger partial charge < -0.3 is 15.0 Å². The molecule has 3 aromatic rings. The van der Waals surface area contributed by atoms with Crippen molar-refractivity contribution in [2.24, 2.45) is 5.73 Å². The molecule has 0 aliphatic rings. The van der Waals surface area contributed by atoms with Gasteiger partial charge in [0.1, 0.15) is 16.8 Å². The zero-order chi connectivity index (χ0) is 18.5. The second-order valence-corrected chi connectivity index (χ2v) is 6.52. The minimum Gasteiger partial charge on any atom is -0.487 e. The van der Waals surface area contributed by atoms with E-state index in [1.165, 1.54) is 4.57 Å². The summed E-state index contributed by atoms with van der Waals surface area (Å²) in [5.74, 6) is -0.0474. The summed E-state index contributed by atoms with van der Waals surface area (Å²) in [6, 6.07) is 18.4. The molecule has 26 heavy (non-hydrogen) atoms. The minimum absolute atomic E-state index is 0.241. The van der Waals surface area contributed by atoms with Crippen LogP contribution in [0.5, 0.6) is 5.75 Å². The van der Waals surface area contributed by atoms with Crippen LogP contribution < -0.4 is 16.0 Å². The number of ether oxygens (including phenoxy) is 1. The molecule has 0 saturated heterocycles. The van der Waals surface area contributed by atoms with Crippen molar-refractivity contribution in [1.29, 1.82) is 0 Å². The number of rotatable bonds is 6. The van der Waals surface area contributed by atoms with E-state index in [0.717, 1.165) is 5.56 Å². The topological polar surface area (TPSA) is 74.3 Å². The third kappa shape index (κ3) is 4.03. The molecular formula is C20H17BrN2O3. The Morgan fingerprint density at radius 1 is 1.04 bits per heavy atom. The monoisotopic (exact) mass is 412 g/mol. The predicted octanol–water partition coefficient (Wildman–Crippen LogP) is 3.34. The fraction of sp³-hybridized carbons (Fsp3) is 0.100. The van der Waals surface area contributed by atoms with Gasteiger partial charge in [-0.3, -0.25) is 9.59 Å². The molecule has 2 aromatic carbocycles. The lowest BCUT2D eigenvalue weighted by Crippen LogP contribution is -2.23. The van der Waals surface area contributed by atoms with E-state index in [9.17, 15) is 9.59 Å². The third-order valence-corrected chi connectivity index (χ3v) is 4.66. The summed E-state index contributed by atoms with van der Waals surface area (Å²) in [6.07, 6.45) is 1.64. The Kier molecular flexibility index (Phi) is 5.53. The predicted molar refractivity (Wildman–Crippen MR) is 103 cm³/mol. The number of nitrogens with two attached hydrogens (primary N) is 1. The Balaban J connectivity index is 1.82. The second kappa shape index (κ2) is 8.01. The first-order chi connectivity index (χ1) is 12.6. The summed E-state index contributed by atoms with van der Waals surface area (Å²) in [7, 11) is 0. The van der Waals surface area contributed by atoms with Gasteiger partial charge in [-0.1, -0.05) is 48.5 Å². The van der Waals surface area contributed by atoms with Gasteiger partial charge in [0.2, 0.25) is 5.91 Å². The van der Waals surface area contributed by atoms with Crippen LogP contribution in [0, 0.1) is 0 Å². The van der Waals surface area contributed by atoms with Crippen LogP contribution in [0.4, 0.5) is 0 Å². The van der Waals surface area contributed by atoms with Crippen molar-refractivity contribution < 1.29 is 9.53 Å². The molecule has 1 amide bonds. The highest BCUT2D eigenvalue weighted by Crippen LogP contribution is 2.22. The number of halogens is 1. The fourth-order valence-corrected chi connectivity index (χ4v) is 3.06. The van der Waals surface area contributed by atoms with Gasteiger partial charge in [-0.2, -0.15) is 0 Å². The molecule has 1 heterocycles. The number of carbonyl (C=O) groups is 1. The molecule has 0 aliphatic heterocycles. The summed E-state index contributed by atoms with van der Waals surface area (Å²) >= 11 is 3.32. The van der Waals surface area contributed by atoms with Gasteiger partial charge in [-0.05, 0) is 39.2 Å². The number of amides is 1. The molecule has 0 bridgehead atoms. The smallest absolute Gasteiger partial charge is 0.268 e. The van der Waals surface area contributed by atoms with E-state index in [-0.39, 0.29) is 12.1 Å². The van der Waals surface area contributed by atoms with Crippen molar-refractivity contribution in [1.82, 2.24) is 4.57 Å². The number of pyridine rings is 1. The molecule has 0 fully saturated rings. The van der Waals surface area contributed by atoms with E-state index >= 15 is 0 Å². The summed E-state index contributed by atoms with van der Waals surface area (Å²) < 4.78 is 7.58. The Morgan fingerprint density at radius 2 is 1.73 bits per heavy atom. The molecule has 0 aliphatic carbocycles. The summed E-state index contributed by atoms with van der Waals surface area (Å²) in [4.78, 5) is 24.1. The van der Waals surface area contributed by atoms with Crippen molar-refractivity contribution in [3.8, 4) is 5.75 Å². The first-order valence-corrected chi connectivity index (χ1v) is 8.79. The number of hydrogen-bond donors (Lipinski definition) is 1. The molecule has 0 unspecified atom stereocenters. The lowest BCUT2D eigenvalue weighted by Gasteiger charge is -2.12. The number of primary amides is 1. The minimum atomic E-state index is -0.518. The van der Waals surface area contributed by atoms with Crippen LogP contribution in [0.15, 0.2) is 76.1 Å². The Hall–Kier alpha value is -2.86. The molecule has 6 heteroatoms. The van der Waals surface area contributed by atoms with Crippen LogP contribution in [0.25, 0.3) is 0 Å². The maximum Gasteiger partial charge on any atom is 0.268 e. The largest absolute Gasteiger partial charge is 0.487 e. The number of hydrogen-bond acceptors (Lipinski definition) is 3. The maximum absolute atomic E-state index is 12.6. The van der Waals surface area contributed by atoms with E-state index < -0.39 is 5.91 Å². The van der Waals surface area contributed by atoms with Gasteiger partial charge in [-0.25, -0.2) is 0 Å². The van der Waals surface area contributed by atoms with Gasteiger partial charge in [0.15, 0.2) is 0 Å². The zero-order valence-electron chi connectivity index (χ0n) is 13.9. The molecule has 0 saturated carbocycles. The molecule has 1 aromatic heterocycles. The normalized spacial score (nSPS) is 10.5. The van der Waals surface area contributed by atoms with Crippen molar-refractivity contribution in [2.75, 3.05) is 0 Å². The lowest BCUT2D eigenvalue weighted by molar-refractivity contribution is 0.0999. The van der Waals surface area contributed by atoms with Crippen LogP contribution >= 0.6 is 15.9 Å². The Labute approximate surface area is 159 Å². The number of nitrogens with zero attached hydrogens (tertiary/aromatic N) is 1. The van der Waals surface area contributed by atoms with Crippen LogP contribution in [-0.2, 0) is 13.2 Å². The Morgan fingerprint density at radius 3 is 2.46 bits per heavy atom. The zero-order valence-corrected chi connectivity index (χ0v) is 15.5. The number of aromatic nitrogens is 1. The molecule has 0 radical (unpaired) electrons. The molecular weight excluding hydrogens is 396 g/mol. The third-order valence-electron chi connectivity index (χ3n) is 3.93. The SMILES string of the molecule is NC(=O)c1ccccc1Cn1ccc(OCc2ccccc2)c(Br)c1=O. The highest BCUT2D eigenvalue weighted by molar-refractivity contribution is 9.10. The highest BCUT2D eigenvalue weighted by Gasteiger charge is 2.12. The summed E-state index contributed by atoms with van der Waals surface area (Å²) in [5, 5.41) is 0. The highest BCUT2D eigenvalue weighted by atomic mass is 79.9.